The molecular formula is C25H26N4O5. The van der Waals surface area contributed by atoms with Gasteiger partial charge in [0, 0.05) is 18.2 Å². The summed E-state index contributed by atoms with van der Waals surface area (Å²) in [5.41, 5.74) is 3.70. The minimum atomic E-state index is -0.502. The van der Waals surface area contributed by atoms with Gasteiger partial charge < -0.3 is 18.8 Å². The molecule has 0 saturated heterocycles. The van der Waals surface area contributed by atoms with E-state index in [-0.39, 0.29) is 6.54 Å². The first kappa shape index (κ1) is 23.2. The fraction of sp³-hybridized carbons (Fsp3) is 0.280. The number of carbonyl (C=O) groups is 1. The summed E-state index contributed by atoms with van der Waals surface area (Å²) < 4.78 is 17.2. The van der Waals surface area contributed by atoms with Crippen LogP contribution in [0.2, 0.25) is 0 Å². The van der Waals surface area contributed by atoms with Crippen LogP contribution in [0.1, 0.15) is 22.3 Å². The van der Waals surface area contributed by atoms with Gasteiger partial charge in [0.1, 0.15) is 0 Å². The first-order valence-corrected chi connectivity index (χ1v) is 10.9. The molecule has 0 saturated carbocycles. The lowest BCUT2D eigenvalue weighted by atomic mass is 10.1. The maximum Gasteiger partial charge on any atom is 0.420 e. The Hall–Kier alpha value is -3.98. The monoisotopic (exact) mass is 462 g/mol. The number of nitrogens with zero attached hydrogens (tertiary/aromatic N) is 4. The second-order valence-corrected chi connectivity index (χ2v) is 8.09. The molecule has 0 aliphatic rings. The highest BCUT2D eigenvalue weighted by Crippen LogP contribution is 2.21. The van der Waals surface area contributed by atoms with Crippen LogP contribution >= 0.6 is 0 Å². The van der Waals surface area contributed by atoms with E-state index in [2.05, 4.69) is 15.1 Å². The second kappa shape index (κ2) is 10.3. The summed E-state index contributed by atoms with van der Waals surface area (Å²) in [5, 5.41) is 8.45. The molecule has 4 rings (SSSR count). The summed E-state index contributed by atoms with van der Waals surface area (Å²) in [5.74, 6) is -0.498. The maximum atomic E-state index is 12.5. The number of hydrogen-bond donors (Lipinski definition) is 0. The van der Waals surface area contributed by atoms with Crippen LogP contribution in [0.5, 0.6) is 5.88 Å². The smallest absolute Gasteiger partial charge is 0.420 e. The Balaban J connectivity index is 1.52. The third-order valence-electron chi connectivity index (χ3n) is 5.29. The van der Waals surface area contributed by atoms with Crippen LogP contribution in [0.3, 0.4) is 0 Å². The summed E-state index contributed by atoms with van der Waals surface area (Å²) in [6, 6.07) is 16.1. The summed E-state index contributed by atoms with van der Waals surface area (Å²) in [4.78, 5) is 26.5. The van der Waals surface area contributed by atoms with Crippen molar-refractivity contribution >= 4 is 17.1 Å². The van der Waals surface area contributed by atoms with Gasteiger partial charge in [-0.15, -0.1) is 10.2 Å². The number of rotatable bonds is 9. The molecule has 0 amide bonds. The van der Waals surface area contributed by atoms with E-state index in [9.17, 15) is 9.59 Å². The van der Waals surface area contributed by atoms with E-state index >= 15 is 0 Å². The lowest BCUT2D eigenvalue weighted by Crippen LogP contribution is -2.15. The third-order valence-corrected chi connectivity index (χ3v) is 5.29. The van der Waals surface area contributed by atoms with Gasteiger partial charge in [-0.3, -0.25) is 4.57 Å². The quantitative estimate of drug-likeness (QED) is 0.276. The van der Waals surface area contributed by atoms with Gasteiger partial charge in [0.2, 0.25) is 5.88 Å². The summed E-state index contributed by atoms with van der Waals surface area (Å²) >= 11 is 0. The molecule has 0 bridgehead atoms. The summed E-state index contributed by atoms with van der Waals surface area (Å²) in [6.45, 7) is 1.79. The number of methoxy groups -OCH3 is 1. The molecule has 34 heavy (non-hydrogen) atoms. The van der Waals surface area contributed by atoms with Crippen LogP contribution in [0, 0.1) is 0 Å². The molecular weight excluding hydrogens is 436 g/mol. The zero-order chi connectivity index (χ0) is 24.1. The zero-order valence-electron chi connectivity index (χ0n) is 19.4. The molecule has 2 heterocycles. The standard InChI is InChI=1S/C25H26N4O5/c1-28(2)12-5-13-33-23-11-9-20(26-27-23)18-7-4-6-17(14-18)16-29-21-15-19(24(30)32-3)8-10-22(21)34-25(29)31/h4,6-11,14-15H,5,12-13,16H2,1-3H3. The van der Waals surface area contributed by atoms with Crippen molar-refractivity contribution in [2.45, 2.75) is 13.0 Å². The van der Waals surface area contributed by atoms with Crippen molar-refractivity contribution in [3.05, 3.63) is 76.3 Å². The van der Waals surface area contributed by atoms with Crippen molar-refractivity contribution in [3.8, 4) is 17.1 Å². The number of benzene rings is 2. The fourth-order valence-electron chi connectivity index (χ4n) is 3.58. The Morgan fingerprint density at radius 2 is 1.94 bits per heavy atom. The molecule has 4 aromatic rings. The number of esters is 1. The van der Waals surface area contributed by atoms with Crippen LogP contribution < -0.4 is 10.5 Å². The first-order chi connectivity index (χ1) is 16.4. The first-order valence-electron chi connectivity index (χ1n) is 10.9. The van der Waals surface area contributed by atoms with Crippen LogP contribution in [0.25, 0.3) is 22.4 Å². The van der Waals surface area contributed by atoms with Crippen LogP contribution in [-0.4, -0.2) is 60.0 Å². The highest BCUT2D eigenvalue weighted by Gasteiger charge is 2.14. The van der Waals surface area contributed by atoms with Gasteiger partial charge in [-0.2, -0.15) is 0 Å². The minimum Gasteiger partial charge on any atom is -0.477 e. The highest BCUT2D eigenvalue weighted by molar-refractivity contribution is 5.93. The van der Waals surface area contributed by atoms with E-state index in [1.165, 1.54) is 11.7 Å². The van der Waals surface area contributed by atoms with E-state index < -0.39 is 11.7 Å². The number of aromatic nitrogens is 3. The van der Waals surface area contributed by atoms with Crippen LogP contribution in [-0.2, 0) is 11.3 Å². The maximum absolute atomic E-state index is 12.5. The molecule has 0 spiro atoms. The fourth-order valence-corrected chi connectivity index (χ4v) is 3.58. The number of fused-ring (bicyclic) bond motifs is 1. The molecule has 0 aliphatic heterocycles. The molecule has 0 radical (unpaired) electrons. The molecule has 0 unspecified atom stereocenters. The molecule has 0 N–H and O–H groups in total. The second-order valence-electron chi connectivity index (χ2n) is 8.09. The molecule has 9 heteroatoms. The van der Waals surface area contributed by atoms with Gasteiger partial charge in [-0.05, 0) is 56.4 Å². The average molecular weight is 463 g/mol. The molecule has 2 aromatic carbocycles. The highest BCUT2D eigenvalue weighted by atomic mass is 16.5. The van der Waals surface area contributed by atoms with Crippen molar-refractivity contribution in [2.75, 3.05) is 34.4 Å². The Morgan fingerprint density at radius 3 is 2.68 bits per heavy atom. The SMILES string of the molecule is COC(=O)c1ccc2oc(=O)n(Cc3cccc(-c4ccc(OCCCN(C)C)nn4)c3)c2c1. The van der Waals surface area contributed by atoms with Gasteiger partial charge in [-0.1, -0.05) is 18.2 Å². The van der Waals surface area contributed by atoms with Gasteiger partial charge in [0.25, 0.3) is 0 Å². The zero-order valence-corrected chi connectivity index (χ0v) is 19.4. The minimum absolute atomic E-state index is 0.269. The lowest BCUT2D eigenvalue weighted by Gasteiger charge is -2.10. The largest absolute Gasteiger partial charge is 0.477 e. The molecule has 9 nitrogen and oxygen atoms in total. The van der Waals surface area contributed by atoms with E-state index in [0.717, 1.165) is 24.1 Å². The Morgan fingerprint density at radius 1 is 1.09 bits per heavy atom. The number of oxazole rings is 1. The normalized spacial score (nSPS) is 11.2. The Kier molecular flexibility index (Phi) is 7.03. The summed E-state index contributed by atoms with van der Waals surface area (Å²) in [6.07, 6.45) is 0.904. The topological polar surface area (TPSA) is 99.7 Å². The van der Waals surface area contributed by atoms with Crippen molar-refractivity contribution in [1.29, 1.82) is 0 Å². The predicted octanol–water partition coefficient (Wildman–Crippen LogP) is 3.22. The van der Waals surface area contributed by atoms with Crippen LogP contribution in [0.4, 0.5) is 0 Å². The average Bonchev–Trinajstić information content (AvgIpc) is 3.16. The number of carbonyl (C=O) groups excluding carboxylic acids is 1. The van der Waals surface area contributed by atoms with Crippen molar-refractivity contribution in [1.82, 2.24) is 19.7 Å². The number of hydrogen-bond acceptors (Lipinski definition) is 8. The Bertz CT molecular complexity index is 1340. The summed E-state index contributed by atoms with van der Waals surface area (Å²) in [7, 11) is 5.36. The van der Waals surface area contributed by atoms with E-state index in [0.29, 0.717) is 34.8 Å². The van der Waals surface area contributed by atoms with Crippen LogP contribution in [0.15, 0.2) is 63.8 Å². The predicted molar refractivity (Wildman–Crippen MR) is 127 cm³/mol. The van der Waals surface area contributed by atoms with Gasteiger partial charge in [0.05, 0.1) is 37.0 Å². The van der Waals surface area contributed by atoms with E-state index in [1.807, 2.05) is 44.4 Å². The third kappa shape index (κ3) is 5.32. The van der Waals surface area contributed by atoms with Crippen molar-refractivity contribution < 1.29 is 18.7 Å². The molecule has 0 fully saturated rings. The molecule has 0 aliphatic carbocycles. The van der Waals surface area contributed by atoms with Gasteiger partial charge in [-0.25, -0.2) is 9.59 Å². The Labute approximate surface area is 196 Å². The molecule has 2 aromatic heterocycles. The van der Waals surface area contributed by atoms with Gasteiger partial charge in [0.15, 0.2) is 5.58 Å². The van der Waals surface area contributed by atoms with Gasteiger partial charge >= 0.3 is 11.7 Å². The molecule has 0 atom stereocenters. The lowest BCUT2D eigenvalue weighted by molar-refractivity contribution is 0.0601. The van der Waals surface area contributed by atoms with E-state index in [4.69, 9.17) is 13.9 Å². The van der Waals surface area contributed by atoms with Crippen molar-refractivity contribution in [3.63, 3.8) is 0 Å². The van der Waals surface area contributed by atoms with E-state index in [1.54, 1.807) is 24.3 Å². The number of ether oxygens (including phenoxy) is 2. The van der Waals surface area contributed by atoms with Crippen molar-refractivity contribution in [2.24, 2.45) is 0 Å². The molecule has 176 valence electrons.